The molecule has 1 aromatic rings. The van der Waals surface area contributed by atoms with Crippen LogP contribution in [0.3, 0.4) is 0 Å². The first-order valence-electron chi connectivity index (χ1n) is 6.83. The van der Waals surface area contributed by atoms with E-state index in [0.717, 1.165) is 5.56 Å². The average Bonchev–Trinajstić information content (AvgIpc) is 2.46. The normalized spacial score (nSPS) is 19.1. The molecule has 2 N–H and O–H groups in total. The second-order valence-electron chi connectivity index (χ2n) is 5.44. The number of carbonyl (C=O) groups excluding carboxylic acids is 1. The second kappa shape index (κ2) is 6.03. The fourth-order valence-corrected chi connectivity index (χ4v) is 2.70. The van der Waals surface area contributed by atoms with E-state index in [2.05, 4.69) is 0 Å². The number of carboxylic acid groups (broad SMARTS) is 1. The number of nitrogens with zero attached hydrogens (tertiary/aromatic N) is 1. The molecule has 2 rings (SSSR count). The van der Waals surface area contributed by atoms with Crippen molar-refractivity contribution >= 4 is 23.5 Å². The number of rotatable bonds is 3. The van der Waals surface area contributed by atoms with Crippen molar-refractivity contribution < 1.29 is 19.8 Å². The van der Waals surface area contributed by atoms with E-state index < -0.39 is 11.6 Å². The van der Waals surface area contributed by atoms with Crippen LogP contribution in [0.25, 0.3) is 0 Å². The molecule has 0 aliphatic carbocycles. The van der Waals surface area contributed by atoms with E-state index in [1.165, 1.54) is 0 Å². The lowest BCUT2D eigenvalue weighted by Gasteiger charge is -2.36. The highest BCUT2D eigenvalue weighted by atomic mass is 35.5. The summed E-state index contributed by atoms with van der Waals surface area (Å²) in [4.78, 5) is 25.0. The van der Waals surface area contributed by atoms with E-state index >= 15 is 0 Å². The van der Waals surface area contributed by atoms with Gasteiger partial charge in [0.2, 0.25) is 5.91 Å². The monoisotopic (exact) mass is 311 g/mol. The Balaban J connectivity index is 2.03. The molecule has 1 unspecified atom stereocenters. The standard InChI is InChI=1S/C15H18ClNO4/c1-10(11-3-2-4-12(16)9-11)13(18)17-7-5-15(21,6-8-17)14(19)20/h2-4,9-10,21H,5-8H2,1H3,(H,19,20). The first-order valence-corrected chi connectivity index (χ1v) is 7.21. The number of carboxylic acids is 1. The highest BCUT2D eigenvalue weighted by Crippen LogP contribution is 2.26. The molecule has 1 atom stereocenters. The van der Waals surface area contributed by atoms with Crippen molar-refractivity contribution in [1.82, 2.24) is 4.90 Å². The third-order valence-electron chi connectivity index (χ3n) is 4.02. The number of hydrogen-bond acceptors (Lipinski definition) is 3. The Morgan fingerprint density at radius 2 is 1.95 bits per heavy atom. The molecule has 0 radical (unpaired) electrons. The number of carbonyl (C=O) groups is 2. The van der Waals surface area contributed by atoms with Gasteiger partial charge in [-0.1, -0.05) is 23.7 Å². The topological polar surface area (TPSA) is 77.8 Å². The summed E-state index contributed by atoms with van der Waals surface area (Å²) in [7, 11) is 0. The van der Waals surface area contributed by atoms with Crippen LogP contribution in [0.1, 0.15) is 31.2 Å². The molecular weight excluding hydrogens is 294 g/mol. The van der Waals surface area contributed by atoms with Gasteiger partial charge < -0.3 is 15.1 Å². The van der Waals surface area contributed by atoms with Gasteiger partial charge in [0.15, 0.2) is 5.60 Å². The molecule has 1 amide bonds. The molecule has 6 heteroatoms. The fraction of sp³-hybridized carbons (Fsp3) is 0.467. The quantitative estimate of drug-likeness (QED) is 0.893. The largest absolute Gasteiger partial charge is 0.479 e. The zero-order chi connectivity index (χ0) is 15.6. The third kappa shape index (κ3) is 3.36. The van der Waals surface area contributed by atoms with Crippen molar-refractivity contribution in [3.63, 3.8) is 0 Å². The molecule has 1 saturated heterocycles. The number of hydrogen-bond donors (Lipinski definition) is 2. The predicted molar refractivity (Wildman–Crippen MR) is 78.3 cm³/mol. The minimum Gasteiger partial charge on any atom is -0.479 e. The van der Waals surface area contributed by atoms with Crippen molar-refractivity contribution in [2.45, 2.75) is 31.3 Å². The molecule has 0 aromatic heterocycles. The molecular formula is C15H18ClNO4. The molecule has 5 nitrogen and oxygen atoms in total. The van der Waals surface area contributed by atoms with Gasteiger partial charge in [-0.15, -0.1) is 0 Å². The summed E-state index contributed by atoms with van der Waals surface area (Å²) in [5, 5.41) is 19.4. The Labute approximate surface area is 128 Å². The van der Waals surface area contributed by atoms with Crippen molar-refractivity contribution in [3.8, 4) is 0 Å². The Hall–Kier alpha value is -1.59. The first-order chi connectivity index (χ1) is 9.83. The van der Waals surface area contributed by atoms with Crippen LogP contribution in [-0.2, 0) is 9.59 Å². The summed E-state index contributed by atoms with van der Waals surface area (Å²) in [5.74, 6) is -1.65. The number of benzene rings is 1. The van der Waals surface area contributed by atoms with Gasteiger partial charge in [-0.3, -0.25) is 4.79 Å². The molecule has 1 aromatic carbocycles. The predicted octanol–water partition coefficient (Wildman–Crippen LogP) is 1.88. The lowest BCUT2D eigenvalue weighted by molar-refractivity contribution is -0.165. The van der Waals surface area contributed by atoms with Gasteiger partial charge in [0.25, 0.3) is 0 Å². The van der Waals surface area contributed by atoms with Crippen LogP contribution in [-0.4, -0.2) is 45.7 Å². The molecule has 0 spiro atoms. The molecule has 1 heterocycles. The lowest BCUT2D eigenvalue weighted by Crippen LogP contribution is -2.51. The van der Waals surface area contributed by atoms with E-state index in [1.807, 2.05) is 6.07 Å². The minimum absolute atomic E-state index is 0.0519. The zero-order valence-electron chi connectivity index (χ0n) is 11.8. The Kier molecular flexibility index (Phi) is 4.54. The van der Waals surface area contributed by atoms with Crippen molar-refractivity contribution in [2.24, 2.45) is 0 Å². The molecule has 0 bridgehead atoms. The maximum atomic E-state index is 12.4. The van der Waals surface area contributed by atoms with Crippen LogP contribution in [0.4, 0.5) is 0 Å². The van der Waals surface area contributed by atoms with Crippen molar-refractivity contribution in [1.29, 1.82) is 0 Å². The summed E-state index contributed by atoms with van der Waals surface area (Å²) in [6, 6.07) is 7.13. The number of aliphatic carboxylic acids is 1. The van der Waals surface area contributed by atoms with Gasteiger partial charge in [-0.25, -0.2) is 4.79 Å². The van der Waals surface area contributed by atoms with Gasteiger partial charge in [0.05, 0.1) is 5.92 Å². The van der Waals surface area contributed by atoms with Gasteiger partial charge in [-0.2, -0.15) is 0 Å². The molecule has 0 saturated carbocycles. The van der Waals surface area contributed by atoms with E-state index in [4.69, 9.17) is 16.7 Å². The van der Waals surface area contributed by atoms with E-state index in [-0.39, 0.29) is 37.8 Å². The van der Waals surface area contributed by atoms with Crippen molar-refractivity contribution in [3.05, 3.63) is 34.9 Å². The minimum atomic E-state index is -1.71. The van der Waals surface area contributed by atoms with Gasteiger partial charge >= 0.3 is 5.97 Å². The van der Waals surface area contributed by atoms with E-state index in [1.54, 1.807) is 30.0 Å². The second-order valence-corrected chi connectivity index (χ2v) is 5.88. The number of piperidine rings is 1. The van der Waals surface area contributed by atoms with E-state index in [9.17, 15) is 14.7 Å². The fourth-order valence-electron chi connectivity index (χ4n) is 2.50. The highest BCUT2D eigenvalue weighted by molar-refractivity contribution is 6.30. The Morgan fingerprint density at radius 3 is 2.48 bits per heavy atom. The molecule has 1 aliphatic heterocycles. The van der Waals surface area contributed by atoms with Crippen LogP contribution in [0.5, 0.6) is 0 Å². The lowest BCUT2D eigenvalue weighted by atomic mass is 9.90. The highest BCUT2D eigenvalue weighted by Gasteiger charge is 2.41. The molecule has 1 aliphatic rings. The summed E-state index contributed by atoms with van der Waals surface area (Å²) < 4.78 is 0. The SMILES string of the molecule is CC(C(=O)N1CCC(O)(C(=O)O)CC1)c1cccc(Cl)c1. The smallest absolute Gasteiger partial charge is 0.335 e. The molecule has 1 fully saturated rings. The summed E-state index contributed by atoms with van der Waals surface area (Å²) in [6.45, 7) is 2.28. The number of halogens is 1. The van der Waals surface area contributed by atoms with Crippen LogP contribution in [0.2, 0.25) is 5.02 Å². The maximum Gasteiger partial charge on any atom is 0.335 e. The summed E-state index contributed by atoms with van der Waals surface area (Å²) in [5.41, 5.74) is -0.887. The molecule has 21 heavy (non-hydrogen) atoms. The first kappa shape index (κ1) is 15.8. The summed E-state index contributed by atoms with van der Waals surface area (Å²) in [6.07, 6.45) is 0.104. The van der Waals surface area contributed by atoms with Crippen molar-refractivity contribution in [2.75, 3.05) is 13.1 Å². The summed E-state index contributed by atoms with van der Waals surface area (Å²) >= 11 is 5.93. The van der Waals surface area contributed by atoms with Gasteiger partial charge in [-0.05, 0) is 24.6 Å². The third-order valence-corrected chi connectivity index (χ3v) is 4.25. The van der Waals surface area contributed by atoms with Gasteiger partial charge in [0, 0.05) is 31.0 Å². The van der Waals surface area contributed by atoms with Crippen LogP contribution in [0.15, 0.2) is 24.3 Å². The maximum absolute atomic E-state index is 12.4. The zero-order valence-corrected chi connectivity index (χ0v) is 12.5. The Bertz CT molecular complexity index is 552. The average molecular weight is 312 g/mol. The van der Waals surface area contributed by atoms with Gasteiger partial charge in [0.1, 0.15) is 0 Å². The molecule has 114 valence electrons. The number of likely N-dealkylation sites (tertiary alicyclic amines) is 1. The van der Waals surface area contributed by atoms with E-state index in [0.29, 0.717) is 5.02 Å². The van der Waals surface area contributed by atoms with Crippen LogP contribution in [0, 0.1) is 0 Å². The van der Waals surface area contributed by atoms with Crippen LogP contribution < -0.4 is 0 Å². The number of amides is 1. The van der Waals surface area contributed by atoms with Crippen LogP contribution >= 0.6 is 11.6 Å². The Morgan fingerprint density at radius 1 is 1.33 bits per heavy atom. The number of aliphatic hydroxyl groups is 1.